The smallest absolute Gasteiger partial charge is 0.303 e. The first-order valence-electron chi connectivity index (χ1n) is 5.00. The quantitative estimate of drug-likeness (QED) is 0.624. The van der Waals surface area contributed by atoms with Gasteiger partial charge in [-0.05, 0) is 18.9 Å². The van der Waals surface area contributed by atoms with Gasteiger partial charge < -0.3 is 15.1 Å². The molecule has 5 nitrogen and oxygen atoms in total. The Balaban J connectivity index is 2.10. The lowest BCUT2D eigenvalue weighted by Gasteiger charge is -2.19. The molecule has 0 saturated carbocycles. The number of carboxylic acid groups (broad SMARTS) is 1. The molecule has 0 aromatic heterocycles. The van der Waals surface area contributed by atoms with Crippen molar-refractivity contribution in [3.05, 3.63) is 12.2 Å². The molecule has 1 aliphatic rings. The molecule has 0 aliphatic carbocycles. The van der Waals surface area contributed by atoms with Crippen LogP contribution in [0.3, 0.4) is 0 Å². The number of carboxylic acids is 1. The number of amides is 1. The van der Waals surface area contributed by atoms with Gasteiger partial charge in [-0.3, -0.25) is 9.59 Å². The van der Waals surface area contributed by atoms with E-state index in [4.69, 9.17) is 5.11 Å². The van der Waals surface area contributed by atoms with E-state index in [1.807, 2.05) is 0 Å². The van der Waals surface area contributed by atoms with Crippen molar-refractivity contribution in [2.24, 2.45) is 0 Å². The summed E-state index contributed by atoms with van der Waals surface area (Å²) in [5.74, 6) is -0.977. The van der Waals surface area contributed by atoms with E-state index in [0.29, 0.717) is 13.0 Å². The first-order chi connectivity index (χ1) is 7.11. The highest BCUT2D eigenvalue weighted by molar-refractivity contribution is 5.90. The maximum absolute atomic E-state index is 11.1. The molecule has 1 heterocycles. The standard InChI is InChI=1S/C10H15NO4/c12-8-5-6-9(13)11(8)7-3-1-2-4-10(14)15/h5-6,8,12H,1-4,7H2,(H,14,15). The molecule has 0 bridgehead atoms. The van der Waals surface area contributed by atoms with Crippen molar-refractivity contribution < 1.29 is 19.8 Å². The van der Waals surface area contributed by atoms with Crippen molar-refractivity contribution >= 4 is 11.9 Å². The van der Waals surface area contributed by atoms with E-state index in [9.17, 15) is 14.7 Å². The van der Waals surface area contributed by atoms with Gasteiger partial charge >= 0.3 is 5.97 Å². The zero-order chi connectivity index (χ0) is 11.3. The van der Waals surface area contributed by atoms with E-state index in [1.165, 1.54) is 17.1 Å². The van der Waals surface area contributed by atoms with E-state index >= 15 is 0 Å². The van der Waals surface area contributed by atoms with E-state index in [1.54, 1.807) is 0 Å². The number of nitrogens with zero attached hydrogens (tertiary/aromatic N) is 1. The third-order valence-corrected chi connectivity index (χ3v) is 2.30. The first kappa shape index (κ1) is 11.7. The Labute approximate surface area is 88.0 Å². The van der Waals surface area contributed by atoms with E-state index < -0.39 is 12.2 Å². The van der Waals surface area contributed by atoms with E-state index in [-0.39, 0.29) is 12.3 Å². The molecule has 15 heavy (non-hydrogen) atoms. The van der Waals surface area contributed by atoms with Gasteiger partial charge in [0, 0.05) is 19.0 Å². The van der Waals surface area contributed by atoms with Crippen LogP contribution in [-0.4, -0.2) is 39.8 Å². The lowest BCUT2D eigenvalue weighted by Crippen LogP contribution is -2.34. The second kappa shape index (κ2) is 5.50. The lowest BCUT2D eigenvalue weighted by atomic mass is 10.2. The Kier molecular flexibility index (Phi) is 4.30. The van der Waals surface area contributed by atoms with Gasteiger partial charge in [-0.15, -0.1) is 0 Å². The second-order valence-corrected chi connectivity index (χ2v) is 3.51. The highest BCUT2D eigenvalue weighted by Crippen LogP contribution is 2.10. The molecule has 0 saturated heterocycles. The summed E-state index contributed by atoms with van der Waals surface area (Å²) in [5, 5.41) is 17.7. The Bertz CT molecular complexity index is 275. The Morgan fingerprint density at radius 2 is 2.13 bits per heavy atom. The SMILES string of the molecule is O=C(O)CCCCCN1C(=O)C=CC1O. The number of aliphatic carboxylic acids is 1. The Hall–Kier alpha value is -1.36. The molecule has 5 heteroatoms. The summed E-state index contributed by atoms with van der Waals surface area (Å²) in [5.41, 5.74) is 0. The van der Waals surface area contributed by atoms with Gasteiger partial charge in [-0.25, -0.2) is 0 Å². The molecule has 84 valence electrons. The summed E-state index contributed by atoms with van der Waals surface area (Å²) < 4.78 is 0. The van der Waals surface area contributed by atoms with Gasteiger partial charge in [-0.1, -0.05) is 6.42 Å². The largest absolute Gasteiger partial charge is 0.481 e. The zero-order valence-corrected chi connectivity index (χ0v) is 8.43. The van der Waals surface area contributed by atoms with Gasteiger partial charge in [0.15, 0.2) is 0 Å². The number of hydrogen-bond acceptors (Lipinski definition) is 3. The second-order valence-electron chi connectivity index (χ2n) is 3.51. The van der Waals surface area contributed by atoms with Crippen molar-refractivity contribution in [3.63, 3.8) is 0 Å². The van der Waals surface area contributed by atoms with Gasteiger partial charge in [-0.2, -0.15) is 0 Å². The summed E-state index contributed by atoms with van der Waals surface area (Å²) in [6.07, 6.45) is 4.23. The molecular formula is C10H15NO4. The van der Waals surface area contributed by atoms with E-state index in [2.05, 4.69) is 0 Å². The summed E-state index contributed by atoms with van der Waals surface area (Å²) in [7, 11) is 0. The van der Waals surface area contributed by atoms with Crippen molar-refractivity contribution in [2.45, 2.75) is 31.9 Å². The molecule has 0 aromatic carbocycles. The maximum Gasteiger partial charge on any atom is 0.303 e. The molecule has 1 amide bonds. The van der Waals surface area contributed by atoms with Crippen LogP contribution >= 0.6 is 0 Å². The number of carbonyl (C=O) groups excluding carboxylic acids is 1. The predicted molar refractivity (Wildman–Crippen MR) is 53.0 cm³/mol. The van der Waals surface area contributed by atoms with Gasteiger partial charge in [0.05, 0.1) is 0 Å². The Morgan fingerprint density at radius 1 is 1.40 bits per heavy atom. The average molecular weight is 213 g/mol. The van der Waals surface area contributed by atoms with Crippen LogP contribution in [0.15, 0.2) is 12.2 Å². The summed E-state index contributed by atoms with van der Waals surface area (Å²) >= 11 is 0. The van der Waals surface area contributed by atoms with Crippen LogP contribution in [0.25, 0.3) is 0 Å². The van der Waals surface area contributed by atoms with Crippen LogP contribution in [0, 0.1) is 0 Å². The van der Waals surface area contributed by atoms with Crippen molar-refractivity contribution in [1.29, 1.82) is 0 Å². The highest BCUT2D eigenvalue weighted by atomic mass is 16.4. The fourth-order valence-electron chi connectivity index (χ4n) is 1.48. The number of aliphatic hydroxyl groups is 1. The molecule has 1 atom stereocenters. The minimum absolute atomic E-state index is 0.161. The van der Waals surface area contributed by atoms with Crippen LogP contribution in [0.2, 0.25) is 0 Å². The van der Waals surface area contributed by atoms with Gasteiger partial charge in [0.25, 0.3) is 0 Å². The number of aliphatic hydroxyl groups excluding tert-OH is 1. The monoisotopic (exact) mass is 213 g/mol. The predicted octanol–water partition coefficient (Wildman–Crippen LogP) is 0.348. The molecule has 0 radical (unpaired) electrons. The number of hydrogen-bond donors (Lipinski definition) is 2. The minimum atomic E-state index is -0.808. The van der Waals surface area contributed by atoms with Gasteiger partial charge in [0.1, 0.15) is 6.23 Å². The normalized spacial score (nSPS) is 19.9. The van der Waals surface area contributed by atoms with Crippen LogP contribution in [0.1, 0.15) is 25.7 Å². The minimum Gasteiger partial charge on any atom is -0.481 e. The third kappa shape index (κ3) is 3.71. The fraction of sp³-hybridized carbons (Fsp3) is 0.600. The molecule has 1 aliphatic heterocycles. The molecule has 0 aromatic rings. The van der Waals surface area contributed by atoms with Crippen LogP contribution in [0.5, 0.6) is 0 Å². The van der Waals surface area contributed by atoms with Crippen molar-refractivity contribution in [2.75, 3.05) is 6.54 Å². The zero-order valence-electron chi connectivity index (χ0n) is 8.43. The number of carbonyl (C=O) groups is 2. The summed E-state index contributed by atoms with van der Waals surface area (Å²) in [6, 6.07) is 0. The Morgan fingerprint density at radius 3 is 2.67 bits per heavy atom. The molecule has 1 rings (SSSR count). The van der Waals surface area contributed by atoms with Crippen molar-refractivity contribution in [1.82, 2.24) is 4.90 Å². The maximum atomic E-state index is 11.1. The topological polar surface area (TPSA) is 77.8 Å². The highest BCUT2D eigenvalue weighted by Gasteiger charge is 2.22. The van der Waals surface area contributed by atoms with Crippen molar-refractivity contribution in [3.8, 4) is 0 Å². The van der Waals surface area contributed by atoms with Crippen LogP contribution in [0.4, 0.5) is 0 Å². The fourth-order valence-corrected chi connectivity index (χ4v) is 1.48. The summed E-state index contributed by atoms with van der Waals surface area (Å²) in [4.78, 5) is 22.7. The molecule has 2 N–H and O–H groups in total. The number of unbranched alkanes of at least 4 members (excludes halogenated alkanes) is 2. The van der Waals surface area contributed by atoms with E-state index in [0.717, 1.165) is 12.8 Å². The van der Waals surface area contributed by atoms with Gasteiger partial charge in [0.2, 0.25) is 5.91 Å². The molecular weight excluding hydrogens is 198 g/mol. The third-order valence-electron chi connectivity index (χ3n) is 2.30. The van der Waals surface area contributed by atoms with Crippen LogP contribution < -0.4 is 0 Å². The molecule has 0 fully saturated rings. The summed E-state index contributed by atoms with van der Waals surface area (Å²) in [6.45, 7) is 0.479. The lowest BCUT2D eigenvalue weighted by molar-refractivity contribution is -0.137. The molecule has 1 unspecified atom stereocenters. The first-order valence-corrected chi connectivity index (χ1v) is 5.00. The molecule has 0 spiro atoms. The number of rotatable bonds is 6. The van der Waals surface area contributed by atoms with Crippen LogP contribution in [-0.2, 0) is 9.59 Å². The average Bonchev–Trinajstić information content (AvgIpc) is 2.47.